The van der Waals surface area contributed by atoms with Crippen LogP contribution < -0.4 is 16.4 Å². The number of rotatable bonds is 6. The average Bonchev–Trinajstić information content (AvgIpc) is 3.29. The quantitative estimate of drug-likeness (QED) is 0.568. The molecular weight excluding hydrogens is 354 g/mol. The molecule has 6 N–H and O–H groups in total. The van der Waals surface area contributed by atoms with Crippen LogP contribution in [0.25, 0.3) is 0 Å². The van der Waals surface area contributed by atoms with Gasteiger partial charge in [-0.05, 0) is 49.9 Å². The number of nitrogens with zero attached hydrogens (tertiary/aromatic N) is 3. The van der Waals surface area contributed by atoms with Crippen LogP contribution in [0, 0.1) is 11.3 Å². The highest BCUT2D eigenvalue weighted by atomic mass is 16.1. The summed E-state index contributed by atoms with van der Waals surface area (Å²) in [6.45, 7) is 0. The Hall–Kier alpha value is -3.16. The summed E-state index contributed by atoms with van der Waals surface area (Å²) in [6, 6.07) is 8.39. The second-order valence-corrected chi connectivity index (χ2v) is 7.51. The minimum Gasteiger partial charge on any atom is -0.397 e. The number of aromatic amines is 1. The minimum atomic E-state index is -0.826. The van der Waals surface area contributed by atoms with Crippen LogP contribution in [0.4, 0.5) is 11.5 Å². The smallest absolute Gasteiger partial charge is 0.232 e. The number of nitrogens with two attached hydrogens (primary N) is 2. The maximum Gasteiger partial charge on any atom is 0.232 e. The largest absolute Gasteiger partial charge is 0.397 e. The molecule has 2 aliphatic rings. The lowest BCUT2D eigenvalue weighted by Gasteiger charge is -2.39. The van der Waals surface area contributed by atoms with Crippen molar-refractivity contribution in [2.75, 3.05) is 10.6 Å². The number of carbonyl (C=O) groups is 1. The highest BCUT2D eigenvalue weighted by Crippen LogP contribution is 2.39. The van der Waals surface area contributed by atoms with Gasteiger partial charge in [-0.2, -0.15) is 0 Å². The fourth-order valence-corrected chi connectivity index (χ4v) is 4.48. The molecule has 0 radical (unpaired) electrons. The van der Waals surface area contributed by atoms with E-state index >= 15 is 0 Å². The molecule has 2 aliphatic heterocycles. The number of aliphatic imine (C=N–C) groups is 1. The third-order valence-corrected chi connectivity index (χ3v) is 5.71. The maximum atomic E-state index is 11.9. The predicted octanol–water partition coefficient (Wildman–Crippen LogP) is 1.73. The fraction of sp³-hybridized carbons (Fsp3) is 0.400. The highest BCUT2D eigenvalue weighted by Gasteiger charge is 2.41. The number of aromatic nitrogens is 2. The molecule has 2 aromatic rings. The molecule has 4 heterocycles. The Labute approximate surface area is 163 Å². The van der Waals surface area contributed by atoms with Gasteiger partial charge < -0.3 is 26.8 Å². The van der Waals surface area contributed by atoms with Crippen LogP contribution in [-0.2, 0) is 4.79 Å². The minimum absolute atomic E-state index is 0.0858. The van der Waals surface area contributed by atoms with E-state index in [0.29, 0.717) is 23.5 Å². The number of nitrogen functional groups attached to an aromatic ring is 1. The zero-order chi connectivity index (χ0) is 19.7. The predicted molar refractivity (Wildman–Crippen MR) is 110 cm³/mol. The van der Waals surface area contributed by atoms with Gasteiger partial charge in [0.2, 0.25) is 5.91 Å². The molecule has 2 saturated heterocycles. The molecule has 8 nitrogen and oxygen atoms in total. The molecule has 2 fully saturated rings. The van der Waals surface area contributed by atoms with Gasteiger partial charge in [-0.15, -0.1) is 0 Å². The van der Waals surface area contributed by atoms with E-state index in [0.717, 1.165) is 43.4 Å². The molecule has 3 unspecified atom stereocenters. The Morgan fingerprint density at radius 2 is 2.07 bits per heavy atom. The molecule has 146 valence electrons. The molecule has 3 atom stereocenters. The van der Waals surface area contributed by atoms with Crippen molar-refractivity contribution in [1.29, 1.82) is 5.41 Å². The summed E-state index contributed by atoms with van der Waals surface area (Å²) in [5, 5.41) is 7.65. The third-order valence-electron chi connectivity index (χ3n) is 5.71. The number of pyridine rings is 1. The van der Waals surface area contributed by atoms with E-state index in [4.69, 9.17) is 21.9 Å². The number of nitrogens with one attached hydrogen (secondary N) is 2. The number of carbonyl (C=O) groups excluding carboxylic acids is 1. The molecule has 0 spiro atoms. The first-order valence-electron chi connectivity index (χ1n) is 9.58. The number of hydrogen-bond donors (Lipinski definition) is 4. The SMILES string of the molecule is N=CC(C(N)=O)C(=NC1CC2CCC(C1)N2c1ccc(N)cn1)c1ccc[nH]1. The Kier molecular flexibility index (Phi) is 4.85. The second kappa shape index (κ2) is 7.46. The Morgan fingerprint density at radius 1 is 1.32 bits per heavy atom. The van der Waals surface area contributed by atoms with Crippen molar-refractivity contribution in [3.8, 4) is 0 Å². The average molecular weight is 379 g/mol. The van der Waals surface area contributed by atoms with Gasteiger partial charge in [0.1, 0.15) is 11.7 Å². The summed E-state index contributed by atoms with van der Waals surface area (Å²) in [7, 11) is 0. The molecule has 28 heavy (non-hydrogen) atoms. The van der Waals surface area contributed by atoms with Crippen LogP contribution >= 0.6 is 0 Å². The first-order valence-corrected chi connectivity index (χ1v) is 9.58. The molecule has 2 bridgehead atoms. The van der Waals surface area contributed by atoms with E-state index in [-0.39, 0.29) is 6.04 Å². The zero-order valence-electron chi connectivity index (χ0n) is 15.6. The molecule has 0 aliphatic carbocycles. The van der Waals surface area contributed by atoms with Crippen molar-refractivity contribution in [3.05, 3.63) is 42.4 Å². The van der Waals surface area contributed by atoms with Crippen molar-refractivity contribution < 1.29 is 4.79 Å². The van der Waals surface area contributed by atoms with Crippen LogP contribution in [0.5, 0.6) is 0 Å². The summed E-state index contributed by atoms with van der Waals surface area (Å²) in [5.41, 5.74) is 13.2. The number of hydrogen-bond acceptors (Lipinski definition) is 6. The lowest BCUT2D eigenvalue weighted by Crippen LogP contribution is -2.45. The Balaban J connectivity index is 1.59. The van der Waals surface area contributed by atoms with Gasteiger partial charge in [-0.3, -0.25) is 9.79 Å². The van der Waals surface area contributed by atoms with Crippen molar-refractivity contribution in [1.82, 2.24) is 9.97 Å². The summed E-state index contributed by atoms with van der Waals surface area (Å²) < 4.78 is 0. The number of H-pyrrole nitrogens is 1. The van der Waals surface area contributed by atoms with E-state index in [1.807, 2.05) is 24.3 Å². The van der Waals surface area contributed by atoms with Crippen LogP contribution in [-0.4, -0.2) is 45.9 Å². The Bertz CT molecular complexity index is 860. The number of anilines is 2. The summed E-state index contributed by atoms with van der Waals surface area (Å²) in [5.74, 6) is -0.425. The van der Waals surface area contributed by atoms with E-state index in [1.54, 1.807) is 12.4 Å². The van der Waals surface area contributed by atoms with Crippen LogP contribution in [0.2, 0.25) is 0 Å². The molecule has 0 saturated carbocycles. The van der Waals surface area contributed by atoms with Gasteiger partial charge >= 0.3 is 0 Å². The van der Waals surface area contributed by atoms with Gasteiger partial charge in [0, 0.05) is 24.5 Å². The summed E-state index contributed by atoms with van der Waals surface area (Å²) in [4.78, 5) is 26.8. The highest BCUT2D eigenvalue weighted by molar-refractivity contribution is 6.20. The van der Waals surface area contributed by atoms with Crippen molar-refractivity contribution in [3.63, 3.8) is 0 Å². The van der Waals surface area contributed by atoms with Gasteiger partial charge in [0.15, 0.2) is 0 Å². The lowest BCUT2D eigenvalue weighted by atomic mass is 9.95. The van der Waals surface area contributed by atoms with Gasteiger partial charge in [0.25, 0.3) is 0 Å². The van der Waals surface area contributed by atoms with Gasteiger partial charge in [0.05, 0.1) is 29.3 Å². The number of amides is 1. The van der Waals surface area contributed by atoms with Gasteiger partial charge in [-0.1, -0.05) is 0 Å². The topological polar surface area (TPSA) is 137 Å². The molecule has 0 aromatic carbocycles. The van der Waals surface area contributed by atoms with Crippen LogP contribution in [0.15, 0.2) is 41.7 Å². The third kappa shape index (κ3) is 3.37. The second-order valence-electron chi connectivity index (χ2n) is 7.51. The lowest BCUT2D eigenvalue weighted by molar-refractivity contribution is -0.118. The van der Waals surface area contributed by atoms with Crippen molar-refractivity contribution in [2.45, 2.75) is 43.8 Å². The van der Waals surface area contributed by atoms with Crippen LogP contribution in [0.1, 0.15) is 31.4 Å². The van der Waals surface area contributed by atoms with Crippen molar-refractivity contribution in [2.24, 2.45) is 16.6 Å². The van der Waals surface area contributed by atoms with E-state index in [1.165, 1.54) is 0 Å². The molecule has 4 rings (SSSR count). The maximum absolute atomic E-state index is 11.9. The van der Waals surface area contributed by atoms with Crippen molar-refractivity contribution >= 4 is 29.3 Å². The fourth-order valence-electron chi connectivity index (χ4n) is 4.48. The molecule has 1 amide bonds. The molecule has 2 aromatic heterocycles. The standard InChI is InChI=1S/C20H25N7O/c21-10-16(20(23)28)19(17-2-1-7-24-17)26-13-8-14-4-5-15(9-13)27(14)18-6-3-12(22)11-25-18/h1-3,6-7,10-11,13-16,21,24H,4-5,8-9,22H2,(H2,23,28). The van der Waals surface area contributed by atoms with E-state index in [2.05, 4.69) is 14.9 Å². The van der Waals surface area contributed by atoms with Crippen LogP contribution in [0.3, 0.4) is 0 Å². The number of primary amides is 1. The van der Waals surface area contributed by atoms with E-state index < -0.39 is 11.8 Å². The van der Waals surface area contributed by atoms with E-state index in [9.17, 15) is 4.79 Å². The summed E-state index contributed by atoms with van der Waals surface area (Å²) >= 11 is 0. The number of piperidine rings is 1. The number of fused-ring (bicyclic) bond motifs is 2. The summed E-state index contributed by atoms with van der Waals surface area (Å²) in [6.07, 6.45) is 8.53. The zero-order valence-corrected chi connectivity index (χ0v) is 15.6. The Morgan fingerprint density at radius 3 is 2.61 bits per heavy atom. The monoisotopic (exact) mass is 379 g/mol. The molecular formula is C20H25N7O. The molecule has 8 heteroatoms. The normalized spacial score (nSPS) is 25.5. The van der Waals surface area contributed by atoms with Gasteiger partial charge in [-0.25, -0.2) is 4.98 Å². The first kappa shape index (κ1) is 18.2. The first-order chi connectivity index (χ1) is 13.6.